The second-order valence-corrected chi connectivity index (χ2v) is 4.51. The molecule has 88 valence electrons. The van der Waals surface area contributed by atoms with E-state index in [0.717, 1.165) is 10.9 Å². The molecule has 0 atom stereocenters. The fourth-order valence-electron chi connectivity index (χ4n) is 1.62. The quantitative estimate of drug-likeness (QED) is 0.877. The summed E-state index contributed by atoms with van der Waals surface area (Å²) in [5.41, 5.74) is 1.60. The molecule has 1 aromatic heterocycles. The molecule has 1 amide bonds. The smallest absolute Gasteiger partial charge is 0.251 e. The summed E-state index contributed by atoms with van der Waals surface area (Å²) in [5, 5.41) is 3.89. The molecule has 0 fully saturated rings. The van der Waals surface area contributed by atoms with Gasteiger partial charge in [-0.05, 0) is 30.2 Å². The van der Waals surface area contributed by atoms with Crippen molar-refractivity contribution in [3.63, 3.8) is 0 Å². The standard InChI is InChI=1S/C14H16N2O/c1-10(2)9-16-14(17)12-5-6-13-11(8-12)4-3-7-15-13/h3-8,10H,9H2,1-2H3,(H,16,17). The number of aromatic nitrogens is 1. The maximum Gasteiger partial charge on any atom is 0.251 e. The normalized spacial score (nSPS) is 10.8. The minimum absolute atomic E-state index is 0.0237. The number of hydrogen-bond acceptors (Lipinski definition) is 2. The molecule has 1 aromatic carbocycles. The van der Waals surface area contributed by atoms with Crippen LogP contribution < -0.4 is 5.32 Å². The Bertz CT molecular complexity index is 534. The van der Waals surface area contributed by atoms with Crippen molar-refractivity contribution >= 4 is 16.8 Å². The number of fused-ring (bicyclic) bond motifs is 1. The van der Waals surface area contributed by atoms with E-state index in [0.29, 0.717) is 18.0 Å². The first-order valence-electron chi connectivity index (χ1n) is 5.80. The summed E-state index contributed by atoms with van der Waals surface area (Å²) >= 11 is 0. The molecule has 0 bridgehead atoms. The van der Waals surface area contributed by atoms with Crippen LogP contribution >= 0.6 is 0 Å². The molecule has 0 saturated carbocycles. The largest absolute Gasteiger partial charge is 0.352 e. The lowest BCUT2D eigenvalue weighted by Crippen LogP contribution is -2.27. The molecule has 0 spiro atoms. The van der Waals surface area contributed by atoms with Crippen LogP contribution in [0.5, 0.6) is 0 Å². The van der Waals surface area contributed by atoms with Crippen LogP contribution in [0.3, 0.4) is 0 Å². The van der Waals surface area contributed by atoms with E-state index >= 15 is 0 Å². The minimum Gasteiger partial charge on any atom is -0.352 e. The number of nitrogens with zero attached hydrogens (tertiary/aromatic N) is 1. The van der Waals surface area contributed by atoms with Gasteiger partial charge < -0.3 is 5.32 Å². The van der Waals surface area contributed by atoms with E-state index in [9.17, 15) is 4.79 Å². The van der Waals surface area contributed by atoms with Crippen LogP contribution in [0.4, 0.5) is 0 Å². The van der Waals surface area contributed by atoms with Crippen LogP contribution in [0.1, 0.15) is 24.2 Å². The number of carbonyl (C=O) groups is 1. The molecule has 0 unspecified atom stereocenters. The van der Waals surface area contributed by atoms with Gasteiger partial charge in [0.2, 0.25) is 0 Å². The minimum atomic E-state index is -0.0237. The van der Waals surface area contributed by atoms with Crippen molar-refractivity contribution in [3.05, 3.63) is 42.1 Å². The number of nitrogens with one attached hydrogen (secondary N) is 1. The van der Waals surface area contributed by atoms with Gasteiger partial charge in [0.15, 0.2) is 0 Å². The Morgan fingerprint density at radius 2 is 2.18 bits per heavy atom. The SMILES string of the molecule is CC(C)CNC(=O)c1ccc2ncccc2c1. The second kappa shape index (κ2) is 4.95. The van der Waals surface area contributed by atoms with E-state index in [1.807, 2.05) is 30.3 Å². The Morgan fingerprint density at radius 1 is 1.35 bits per heavy atom. The molecular formula is C14H16N2O. The molecule has 0 aliphatic carbocycles. The van der Waals surface area contributed by atoms with Crippen molar-refractivity contribution < 1.29 is 4.79 Å². The first-order valence-corrected chi connectivity index (χ1v) is 5.80. The molecule has 0 saturated heterocycles. The Kier molecular flexibility index (Phi) is 3.38. The monoisotopic (exact) mass is 228 g/mol. The van der Waals surface area contributed by atoms with Crippen LogP contribution in [0.25, 0.3) is 10.9 Å². The van der Waals surface area contributed by atoms with Crippen LogP contribution in [-0.2, 0) is 0 Å². The summed E-state index contributed by atoms with van der Waals surface area (Å²) in [4.78, 5) is 16.1. The van der Waals surface area contributed by atoms with Gasteiger partial charge >= 0.3 is 0 Å². The van der Waals surface area contributed by atoms with E-state index in [1.54, 1.807) is 6.20 Å². The third-order valence-corrected chi connectivity index (χ3v) is 2.54. The van der Waals surface area contributed by atoms with Crippen molar-refractivity contribution in [1.82, 2.24) is 10.3 Å². The third kappa shape index (κ3) is 2.81. The molecule has 3 heteroatoms. The Balaban J connectivity index is 2.21. The third-order valence-electron chi connectivity index (χ3n) is 2.54. The van der Waals surface area contributed by atoms with Crippen LogP contribution in [-0.4, -0.2) is 17.4 Å². The summed E-state index contributed by atoms with van der Waals surface area (Å²) in [5.74, 6) is 0.436. The molecule has 1 heterocycles. The highest BCUT2D eigenvalue weighted by atomic mass is 16.1. The number of hydrogen-bond donors (Lipinski definition) is 1. The maximum absolute atomic E-state index is 11.9. The topological polar surface area (TPSA) is 42.0 Å². The van der Waals surface area contributed by atoms with Crippen LogP contribution in [0.15, 0.2) is 36.5 Å². The number of benzene rings is 1. The van der Waals surface area contributed by atoms with E-state index in [-0.39, 0.29) is 5.91 Å². The van der Waals surface area contributed by atoms with E-state index in [1.165, 1.54) is 0 Å². The lowest BCUT2D eigenvalue weighted by Gasteiger charge is -2.08. The highest BCUT2D eigenvalue weighted by Gasteiger charge is 2.06. The molecule has 0 aliphatic rings. The zero-order chi connectivity index (χ0) is 12.3. The number of pyridine rings is 1. The summed E-state index contributed by atoms with van der Waals surface area (Å²) in [7, 11) is 0. The van der Waals surface area contributed by atoms with Gasteiger partial charge in [0, 0.05) is 23.7 Å². The van der Waals surface area contributed by atoms with E-state index in [2.05, 4.69) is 24.1 Å². The van der Waals surface area contributed by atoms with Crippen molar-refractivity contribution in [1.29, 1.82) is 0 Å². The highest BCUT2D eigenvalue weighted by Crippen LogP contribution is 2.13. The number of amides is 1. The fourth-order valence-corrected chi connectivity index (χ4v) is 1.62. The highest BCUT2D eigenvalue weighted by molar-refractivity contribution is 5.97. The molecule has 0 radical (unpaired) electrons. The molecule has 0 aliphatic heterocycles. The van der Waals surface area contributed by atoms with Gasteiger partial charge in [-0.25, -0.2) is 0 Å². The maximum atomic E-state index is 11.9. The Hall–Kier alpha value is -1.90. The van der Waals surface area contributed by atoms with Crippen LogP contribution in [0.2, 0.25) is 0 Å². The van der Waals surface area contributed by atoms with Gasteiger partial charge in [-0.15, -0.1) is 0 Å². The summed E-state index contributed by atoms with van der Waals surface area (Å²) < 4.78 is 0. The predicted molar refractivity (Wildman–Crippen MR) is 68.9 cm³/mol. The number of rotatable bonds is 3. The van der Waals surface area contributed by atoms with Crippen molar-refractivity contribution in [3.8, 4) is 0 Å². The first-order chi connectivity index (χ1) is 8.16. The average Bonchev–Trinajstić information content (AvgIpc) is 2.35. The fraction of sp³-hybridized carbons (Fsp3) is 0.286. The molecular weight excluding hydrogens is 212 g/mol. The Labute approximate surface area is 101 Å². The second-order valence-electron chi connectivity index (χ2n) is 4.51. The van der Waals surface area contributed by atoms with E-state index < -0.39 is 0 Å². The van der Waals surface area contributed by atoms with Crippen molar-refractivity contribution in [2.45, 2.75) is 13.8 Å². The van der Waals surface area contributed by atoms with Crippen LogP contribution in [0, 0.1) is 5.92 Å². The lowest BCUT2D eigenvalue weighted by atomic mass is 10.1. The summed E-state index contributed by atoms with van der Waals surface area (Å²) in [6.45, 7) is 4.85. The van der Waals surface area contributed by atoms with Gasteiger partial charge in [-0.3, -0.25) is 9.78 Å². The lowest BCUT2D eigenvalue weighted by molar-refractivity contribution is 0.0949. The summed E-state index contributed by atoms with van der Waals surface area (Å²) in [6.07, 6.45) is 1.75. The number of carbonyl (C=O) groups excluding carboxylic acids is 1. The summed E-state index contributed by atoms with van der Waals surface area (Å²) in [6, 6.07) is 9.39. The zero-order valence-corrected chi connectivity index (χ0v) is 10.1. The van der Waals surface area contributed by atoms with E-state index in [4.69, 9.17) is 0 Å². The van der Waals surface area contributed by atoms with Gasteiger partial charge in [-0.1, -0.05) is 19.9 Å². The van der Waals surface area contributed by atoms with Gasteiger partial charge in [0.05, 0.1) is 5.52 Å². The molecule has 1 N–H and O–H groups in total. The molecule has 3 nitrogen and oxygen atoms in total. The average molecular weight is 228 g/mol. The molecule has 17 heavy (non-hydrogen) atoms. The van der Waals surface area contributed by atoms with Crippen molar-refractivity contribution in [2.75, 3.05) is 6.54 Å². The van der Waals surface area contributed by atoms with Gasteiger partial charge in [0.25, 0.3) is 5.91 Å². The van der Waals surface area contributed by atoms with Gasteiger partial charge in [0.1, 0.15) is 0 Å². The molecule has 2 rings (SSSR count). The predicted octanol–water partition coefficient (Wildman–Crippen LogP) is 2.62. The zero-order valence-electron chi connectivity index (χ0n) is 10.1. The molecule has 2 aromatic rings. The van der Waals surface area contributed by atoms with Crippen molar-refractivity contribution in [2.24, 2.45) is 5.92 Å². The Morgan fingerprint density at radius 3 is 2.94 bits per heavy atom. The first kappa shape index (κ1) is 11.6. The van der Waals surface area contributed by atoms with Gasteiger partial charge in [-0.2, -0.15) is 0 Å².